The van der Waals surface area contributed by atoms with Gasteiger partial charge in [0.05, 0.1) is 10.6 Å². The van der Waals surface area contributed by atoms with Gasteiger partial charge in [-0.2, -0.15) is 8.78 Å². The van der Waals surface area contributed by atoms with E-state index in [-0.39, 0.29) is 29.2 Å². The van der Waals surface area contributed by atoms with E-state index in [0.29, 0.717) is 43.1 Å². The number of ether oxygens (including phenoxy) is 2. The second-order valence-electron chi connectivity index (χ2n) is 7.09. The van der Waals surface area contributed by atoms with Crippen LogP contribution in [-0.4, -0.2) is 40.0 Å². The third kappa shape index (κ3) is 3.91. The zero-order valence-corrected chi connectivity index (χ0v) is 16.7. The molecule has 30 heavy (non-hydrogen) atoms. The van der Waals surface area contributed by atoms with Gasteiger partial charge >= 0.3 is 5.76 Å². The number of sulfone groups is 1. The molecule has 7 nitrogen and oxygen atoms in total. The van der Waals surface area contributed by atoms with Crippen LogP contribution < -0.4 is 19.7 Å². The van der Waals surface area contributed by atoms with Crippen molar-refractivity contribution in [1.29, 1.82) is 0 Å². The summed E-state index contributed by atoms with van der Waals surface area (Å²) in [6.07, 6.45) is 0.943. The Labute approximate surface area is 172 Å². The second-order valence-corrected chi connectivity index (χ2v) is 8.98. The summed E-state index contributed by atoms with van der Waals surface area (Å²) in [4.78, 5) is 14.0. The molecule has 0 atom stereocenters. The van der Waals surface area contributed by atoms with E-state index >= 15 is 0 Å². The number of benzene rings is 2. The number of amides is 1. The zero-order valence-electron chi connectivity index (χ0n) is 15.9. The quantitative estimate of drug-likeness (QED) is 0.771. The molecule has 2 aromatic carbocycles. The zero-order chi connectivity index (χ0) is 21.3. The fourth-order valence-electron chi connectivity index (χ4n) is 3.66. The Kier molecular flexibility index (Phi) is 5.50. The van der Waals surface area contributed by atoms with E-state index in [1.807, 2.05) is 0 Å². The molecule has 2 aliphatic heterocycles. The summed E-state index contributed by atoms with van der Waals surface area (Å²) in [6.45, 7) is 0.915. The van der Waals surface area contributed by atoms with Gasteiger partial charge in [-0.05, 0) is 37.1 Å². The lowest BCUT2D eigenvalue weighted by molar-refractivity contribution is -0.120. The van der Waals surface area contributed by atoms with Crippen LogP contribution in [0.5, 0.6) is 11.5 Å². The average Bonchev–Trinajstić information content (AvgIpc) is 3.21. The largest absolute Gasteiger partial charge is 0.454 e. The van der Waals surface area contributed by atoms with Crippen LogP contribution >= 0.6 is 0 Å². The van der Waals surface area contributed by atoms with Crippen LogP contribution in [0, 0.1) is 5.92 Å². The molecule has 4 rings (SSSR count). The number of carbonyl (C=O) groups excluding carboxylic acids is 1. The van der Waals surface area contributed by atoms with Gasteiger partial charge in [0.25, 0.3) is 0 Å². The molecule has 0 bridgehead atoms. The SMILES string of the molecule is O=C(Nc1ccc2c(c1)OCO2)C1CCN(c2ccccc2S(=O)(=O)C(F)F)CC1. The van der Waals surface area contributed by atoms with Gasteiger partial charge in [0.1, 0.15) is 0 Å². The molecule has 2 aromatic rings. The van der Waals surface area contributed by atoms with Crippen molar-refractivity contribution in [3.8, 4) is 11.5 Å². The Morgan fingerprint density at radius 2 is 1.77 bits per heavy atom. The molecule has 1 saturated heterocycles. The number of nitrogens with zero attached hydrogens (tertiary/aromatic N) is 1. The van der Waals surface area contributed by atoms with Crippen LogP contribution in [0.25, 0.3) is 0 Å². The Morgan fingerprint density at radius 1 is 1.07 bits per heavy atom. The normalized spacial score (nSPS) is 16.7. The predicted molar refractivity (Wildman–Crippen MR) is 106 cm³/mol. The number of carbonyl (C=O) groups is 1. The Bertz CT molecular complexity index is 1050. The van der Waals surface area contributed by atoms with Crippen molar-refractivity contribution in [2.45, 2.75) is 23.5 Å². The average molecular weight is 438 g/mol. The smallest absolute Gasteiger partial charge is 0.341 e. The van der Waals surface area contributed by atoms with Gasteiger partial charge in [0.15, 0.2) is 11.5 Å². The summed E-state index contributed by atoms with van der Waals surface area (Å²) in [5.74, 6) is -2.71. The summed E-state index contributed by atoms with van der Waals surface area (Å²) in [7, 11) is -4.71. The molecule has 160 valence electrons. The van der Waals surface area contributed by atoms with E-state index in [9.17, 15) is 22.0 Å². The van der Waals surface area contributed by atoms with Crippen LogP contribution in [-0.2, 0) is 14.6 Å². The number of hydrogen-bond donors (Lipinski definition) is 1. The van der Waals surface area contributed by atoms with Crippen LogP contribution in [0.15, 0.2) is 47.4 Å². The van der Waals surface area contributed by atoms with Crippen molar-refractivity contribution >= 4 is 27.1 Å². The van der Waals surface area contributed by atoms with Gasteiger partial charge in [0.2, 0.25) is 22.5 Å². The first-order valence-electron chi connectivity index (χ1n) is 9.43. The van der Waals surface area contributed by atoms with Gasteiger partial charge in [-0.25, -0.2) is 8.42 Å². The lowest BCUT2D eigenvalue weighted by atomic mass is 9.95. The molecule has 1 amide bonds. The Hall–Kier alpha value is -2.88. The summed E-state index contributed by atoms with van der Waals surface area (Å²) in [6, 6.07) is 10.9. The van der Waals surface area contributed by atoms with Crippen LogP contribution in [0.3, 0.4) is 0 Å². The van der Waals surface area contributed by atoms with E-state index < -0.39 is 15.6 Å². The summed E-state index contributed by atoms with van der Waals surface area (Å²) in [5, 5.41) is 2.86. The molecule has 0 aliphatic carbocycles. The highest BCUT2D eigenvalue weighted by atomic mass is 32.2. The molecule has 1 N–H and O–H groups in total. The minimum Gasteiger partial charge on any atom is -0.454 e. The first kappa shape index (κ1) is 20.4. The van der Waals surface area contributed by atoms with Crippen molar-refractivity contribution in [2.75, 3.05) is 30.1 Å². The molecule has 0 unspecified atom stereocenters. The highest BCUT2D eigenvalue weighted by Gasteiger charge is 2.32. The molecule has 2 aliphatic rings. The van der Waals surface area contributed by atoms with Crippen LogP contribution in [0.2, 0.25) is 0 Å². The maximum atomic E-state index is 13.0. The number of halogens is 2. The first-order chi connectivity index (χ1) is 14.4. The number of hydrogen-bond acceptors (Lipinski definition) is 6. The minimum absolute atomic E-state index is 0.147. The first-order valence-corrected chi connectivity index (χ1v) is 11.0. The molecule has 10 heteroatoms. The molecule has 1 fully saturated rings. The topological polar surface area (TPSA) is 84.9 Å². The molecule has 2 heterocycles. The molecular formula is C20H20F2N2O5S. The van der Waals surface area contributed by atoms with Crippen LogP contribution in [0.4, 0.5) is 20.2 Å². The molecule has 0 radical (unpaired) electrons. The number of anilines is 2. The van der Waals surface area contributed by atoms with Crippen molar-refractivity contribution < 1.29 is 31.5 Å². The van der Waals surface area contributed by atoms with Crippen molar-refractivity contribution in [2.24, 2.45) is 5.92 Å². The Morgan fingerprint density at radius 3 is 2.50 bits per heavy atom. The summed E-state index contributed by atoms with van der Waals surface area (Å²) in [5.41, 5.74) is 0.840. The van der Waals surface area contributed by atoms with E-state index in [4.69, 9.17) is 9.47 Å². The molecule has 0 spiro atoms. The fraction of sp³-hybridized carbons (Fsp3) is 0.350. The van der Waals surface area contributed by atoms with E-state index in [0.717, 1.165) is 0 Å². The summed E-state index contributed by atoms with van der Waals surface area (Å²) >= 11 is 0. The Balaban J connectivity index is 1.42. The molecule has 0 aromatic heterocycles. The highest BCUT2D eigenvalue weighted by Crippen LogP contribution is 2.35. The molecular weight excluding hydrogens is 418 g/mol. The maximum absolute atomic E-state index is 13.0. The van der Waals surface area contributed by atoms with E-state index in [1.54, 1.807) is 29.2 Å². The van der Waals surface area contributed by atoms with Gasteiger partial charge < -0.3 is 19.7 Å². The number of fused-ring (bicyclic) bond motifs is 1. The second kappa shape index (κ2) is 8.10. The minimum atomic E-state index is -4.71. The monoisotopic (exact) mass is 438 g/mol. The number of para-hydroxylation sites is 1. The number of rotatable bonds is 5. The van der Waals surface area contributed by atoms with Gasteiger partial charge in [0, 0.05) is 30.8 Å². The van der Waals surface area contributed by atoms with Crippen molar-refractivity contribution in [3.05, 3.63) is 42.5 Å². The van der Waals surface area contributed by atoms with Gasteiger partial charge in [-0.1, -0.05) is 12.1 Å². The third-order valence-corrected chi connectivity index (χ3v) is 6.68. The highest BCUT2D eigenvalue weighted by molar-refractivity contribution is 7.91. The lowest BCUT2D eigenvalue weighted by Gasteiger charge is -2.34. The third-order valence-electron chi connectivity index (χ3n) is 5.25. The van der Waals surface area contributed by atoms with E-state index in [1.165, 1.54) is 18.2 Å². The van der Waals surface area contributed by atoms with Crippen molar-refractivity contribution in [3.63, 3.8) is 0 Å². The lowest BCUT2D eigenvalue weighted by Crippen LogP contribution is -2.38. The fourth-order valence-corrected chi connectivity index (χ4v) is 4.61. The standard InChI is InChI=1S/C20H20F2N2O5S/c21-20(22)30(26,27)18-4-2-1-3-15(18)24-9-7-13(8-10-24)19(25)23-14-5-6-16-17(11-14)29-12-28-16/h1-6,11,13,20H,7-10,12H2,(H,23,25). The van der Waals surface area contributed by atoms with E-state index in [2.05, 4.69) is 5.32 Å². The number of piperidine rings is 1. The maximum Gasteiger partial charge on any atom is 0.341 e. The van der Waals surface area contributed by atoms with Gasteiger partial charge in [-0.15, -0.1) is 0 Å². The molecule has 0 saturated carbocycles. The van der Waals surface area contributed by atoms with Gasteiger partial charge in [-0.3, -0.25) is 4.79 Å². The summed E-state index contributed by atoms with van der Waals surface area (Å²) < 4.78 is 60.6. The number of nitrogens with one attached hydrogen (secondary N) is 1. The van der Waals surface area contributed by atoms with Crippen LogP contribution in [0.1, 0.15) is 12.8 Å². The van der Waals surface area contributed by atoms with Crippen molar-refractivity contribution in [1.82, 2.24) is 0 Å². The predicted octanol–water partition coefficient (Wildman–Crippen LogP) is 3.27. The number of alkyl halides is 2.